The maximum Gasteiger partial charge on any atom is 0.343 e. The van der Waals surface area contributed by atoms with E-state index in [9.17, 15) is 47.1 Å². The lowest BCUT2D eigenvalue weighted by Crippen LogP contribution is -2.56. The van der Waals surface area contributed by atoms with Crippen molar-refractivity contribution in [2.45, 2.75) is 143 Å². The molecule has 0 saturated carbocycles. The summed E-state index contributed by atoms with van der Waals surface area (Å²) >= 11 is 0. The van der Waals surface area contributed by atoms with E-state index in [0.717, 1.165) is 42.2 Å². The van der Waals surface area contributed by atoms with Crippen molar-refractivity contribution in [3.8, 4) is 34.1 Å². The first-order valence-corrected chi connectivity index (χ1v) is 33.7. The van der Waals surface area contributed by atoms with Crippen molar-refractivity contribution in [3.63, 3.8) is 0 Å². The lowest BCUT2D eigenvalue weighted by molar-refractivity contribution is -0.172. The third-order valence-corrected chi connectivity index (χ3v) is 18.4. The van der Waals surface area contributed by atoms with Crippen LogP contribution in [0.1, 0.15) is 116 Å². The number of ether oxygens (including phenoxy) is 6. The first-order chi connectivity index (χ1) is 44.6. The molecule has 7 heterocycles. The summed E-state index contributed by atoms with van der Waals surface area (Å²) in [5.41, 5.74) is 1.18. The van der Waals surface area contributed by atoms with Gasteiger partial charge in [-0.05, 0) is 96.1 Å². The number of aromatic nitrogens is 7. The molecule has 4 aromatic heterocycles. The fourth-order valence-electron chi connectivity index (χ4n) is 11.3. The molecule has 5 N–H and O–H groups in total. The molecular weight excluding hydrogens is 1240 g/mol. The zero-order chi connectivity index (χ0) is 68.3. The lowest BCUT2D eigenvalue weighted by atomic mass is 9.86. The molecule has 5 atom stereocenters. The van der Waals surface area contributed by atoms with E-state index in [0.29, 0.717) is 85.2 Å². The summed E-state index contributed by atoms with van der Waals surface area (Å²) in [4.78, 5) is 111. The highest BCUT2D eigenvalue weighted by molar-refractivity contribution is 7.90. The van der Waals surface area contributed by atoms with Gasteiger partial charge < -0.3 is 69.2 Å². The standard InChI is InChI=1S/C64H89N13O16S/c1-12-62(7,33-76-29-48(72-73-76)40-25-66-61(67-26-40)94(11,86)87)34-90-36-63(8,13-2)35-88-31-53(79)71-55(39(5)6)58(82)70-46(18-16-17-20-74(9)10)57(81)65-27-52(78)68-37-89-32-54(80)75(15-4)21-19-41-42-22-50-51(93-38-92-50)24-47(42)69-56-43(41)28-77-49(56)23-45-44(59(77)83)30-91-60(84)64(45,85)14-3/h22-26,29,39,46,55,85H,12-21,27-28,30-38H2,1-11H3,(H,65,81)(H,68,78)(H,70,82)(H,71,79)/t46-,55-,62?,63?,64-/m0/s1. The smallest absolute Gasteiger partial charge is 0.343 e. The minimum absolute atomic E-state index is 0.00964. The molecule has 0 bridgehead atoms. The SMILES string of the molecule is CCN(CCc1c2c(nc3cc4c(cc13)OCO4)-c1cc3c(c(=O)n1C2)COC(=O)[C@]3(O)CC)C(=O)COCNC(=O)CNC(=O)[C@H](CCCCN(C)C)NC(=O)[C@@H](NC(=O)COCC(C)(CC)COCC(C)(CC)Cn1cc(-c2cnc(S(C)(=O)=O)nc2)nn1)C(C)C. The molecule has 512 valence electrons. The van der Waals surface area contributed by atoms with Gasteiger partial charge in [-0.15, -0.1) is 5.10 Å². The van der Waals surface area contributed by atoms with E-state index in [1.807, 2.05) is 45.8 Å². The number of esters is 1. The lowest BCUT2D eigenvalue weighted by Gasteiger charge is -2.32. The molecule has 0 radical (unpaired) electrons. The highest BCUT2D eigenvalue weighted by atomic mass is 32.2. The van der Waals surface area contributed by atoms with Gasteiger partial charge in [0.15, 0.2) is 17.1 Å². The Morgan fingerprint density at radius 1 is 0.840 bits per heavy atom. The molecule has 29 nitrogen and oxygen atoms in total. The Morgan fingerprint density at radius 3 is 2.21 bits per heavy atom. The largest absolute Gasteiger partial charge is 0.458 e. The number of unbranched alkanes of at least 4 members (excludes halogenated alkanes) is 1. The van der Waals surface area contributed by atoms with Gasteiger partial charge >= 0.3 is 5.97 Å². The van der Waals surface area contributed by atoms with Crippen LogP contribution < -0.4 is 36.3 Å². The van der Waals surface area contributed by atoms with Crippen LogP contribution >= 0.6 is 0 Å². The predicted molar refractivity (Wildman–Crippen MR) is 342 cm³/mol. The second-order valence-corrected chi connectivity index (χ2v) is 27.5. The minimum Gasteiger partial charge on any atom is -0.458 e. The van der Waals surface area contributed by atoms with Gasteiger partial charge in [0.2, 0.25) is 51.3 Å². The Bertz CT molecular complexity index is 3770. The summed E-state index contributed by atoms with van der Waals surface area (Å²) in [6.07, 6.45) is 8.83. The summed E-state index contributed by atoms with van der Waals surface area (Å²) in [6, 6.07) is 3.15. The van der Waals surface area contributed by atoms with Crippen LogP contribution in [0.25, 0.3) is 33.5 Å². The summed E-state index contributed by atoms with van der Waals surface area (Å²) in [5, 5.41) is 31.2. The Kier molecular flexibility index (Phi) is 23.7. The number of fused-ring (bicyclic) bond motifs is 6. The van der Waals surface area contributed by atoms with Gasteiger partial charge in [0.25, 0.3) is 5.56 Å². The fraction of sp³-hybridized carbons (Fsp3) is 0.594. The zero-order valence-electron chi connectivity index (χ0n) is 55.5. The first-order valence-electron chi connectivity index (χ1n) is 31.8. The third kappa shape index (κ3) is 17.3. The van der Waals surface area contributed by atoms with E-state index in [1.165, 1.54) is 12.4 Å². The van der Waals surface area contributed by atoms with E-state index in [4.69, 9.17) is 33.4 Å². The maximum atomic E-state index is 14.1. The van der Waals surface area contributed by atoms with Gasteiger partial charge in [0, 0.05) is 70.7 Å². The van der Waals surface area contributed by atoms with Crippen molar-refractivity contribution < 1.29 is 70.7 Å². The van der Waals surface area contributed by atoms with E-state index in [-0.39, 0.29) is 99.4 Å². The van der Waals surface area contributed by atoms with E-state index < -0.39 is 74.6 Å². The molecule has 5 aromatic rings. The molecule has 0 fully saturated rings. The number of carbonyl (C=O) groups excluding carboxylic acids is 6. The van der Waals surface area contributed by atoms with Crippen LogP contribution in [0.3, 0.4) is 0 Å². The maximum absolute atomic E-state index is 14.1. The van der Waals surface area contributed by atoms with E-state index in [2.05, 4.69) is 55.4 Å². The third-order valence-electron chi connectivity index (χ3n) is 17.6. The molecule has 0 saturated heterocycles. The number of rotatable bonds is 35. The normalized spacial score (nSPS) is 16.7. The first kappa shape index (κ1) is 71.8. The molecule has 2 unspecified atom stereocenters. The number of carbonyl (C=O) groups is 6. The number of nitrogens with zero attached hydrogens (tertiary/aromatic N) is 9. The summed E-state index contributed by atoms with van der Waals surface area (Å²) in [6.45, 7) is 16.1. The van der Waals surface area contributed by atoms with E-state index in [1.54, 1.807) is 53.2 Å². The number of cyclic esters (lactones) is 1. The number of hydrogen-bond acceptors (Lipinski definition) is 22. The van der Waals surface area contributed by atoms with Crippen LogP contribution in [-0.2, 0) is 89.3 Å². The Labute approximate surface area is 546 Å². The van der Waals surface area contributed by atoms with Gasteiger partial charge in [-0.3, -0.25) is 33.4 Å². The van der Waals surface area contributed by atoms with Crippen LogP contribution in [0.5, 0.6) is 11.5 Å². The van der Waals surface area contributed by atoms with Crippen LogP contribution in [0.15, 0.2) is 46.7 Å². The molecule has 3 aliphatic rings. The average molecular weight is 1330 g/mol. The summed E-state index contributed by atoms with van der Waals surface area (Å²) in [5.74, 6) is -2.91. The second kappa shape index (κ2) is 31.0. The highest BCUT2D eigenvalue weighted by Crippen LogP contribution is 2.43. The predicted octanol–water partition coefficient (Wildman–Crippen LogP) is 2.78. The fourth-order valence-corrected chi connectivity index (χ4v) is 11.8. The van der Waals surface area contributed by atoms with Crippen molar-refractivity contribution in [3.05, 3.63) is 69.4 Å². The molecular formula is C64H89N13O16S. The van der Waals surface area contributed by atoms with Gasteiger partial charge in [-0.2, -0.15) is 0 Å². The number of sulfone groups is 1. The van der Waals surface area contributed by atoms with Gasteiger partial charge in [0.05, 0.1) is 68.1 Å². The van der Waals surface area contributed by atoms with Crippen LogP contribution in [0.4, 0.5) is 0 Å². The molecule has 0 aliphatic carbocycles. The van der Waals surface area contributed by atoms with Gasteiger partial charge in [-0.1, -0.05) is 53.7 Å². The van der Waals surface area contributed by atoms with Crippen LogP contribution in [-0.4, -0.2) is 199 Å². The number of amides is 5. The highest BCUT2D eigenvalue weighted by Gasteiger charge is 2.46. The quantitative estimate of drug-likeness (QED) is 0.0165. The van der Waals surface area contributed by atoms with Gasteiger partial charge in [0.1, 0.15) is 44.3 Å². The number of benzene rings is 1. The Morgan fingerprint density at radius 2 is 1.54 bits per heavy atom. The van der Waals surface area contributed by atoms with E-state index >= 15 is 0 Å². The second-order valence-electron chi connectivity index (χ2n) is 25.6. The molecule has 8 rings (SSSR count). The number of nitrogens with one attached hydrogen (secondary N) is 4. The average Bonchev–Trinajstić information content (AvgIpc) is 1.51. The number of likely N-dealkylation sites (N-methyl/N-ethyl adjacent to an activating group) is 1. The topological polar surface area (TPSA) is 358 Å². The number of aliphatic hydroxyl groups is 1. The summed E-state index contributed by atoms with van der Waals surface area (Å²) < 4.78 is 61.4. The van der Waals surface area contributed by atoms with Crippen molar-refractivity contribution >= 4 is 56.2 Å². The number of hydrogen-bond donors (Lipinski definition) is 5. The molecule has 30 heteroatoms. The minimum atomic E-state index is -3.55. The molecule has 1 aromatic carbocycles. The molecule has 3 aliphatic heterocycles. The van der Waals surface area contributed by atoms with Crippen LogP contribution in [0.2, 0.25) is 0 Å². The molecule has 94 heavy (non-hydrogen) atoms. The molecule has 0 spiro atoms. The molecule has 5 amide bonds. The van der Waals surface area contributed by atoms with Crippen molar-refractivity contribution in [2.75, 3.05) is 93.1 Å². The summed E-state index contributed by atoms with van der Waals surface area (Å²) in [7, 11) is 0.301. The Hall–Kier alpha value is -8.03. The van der Waals surface area contributed by atoms with Crippen molar-refractivity contribution in [1.29, 1.82) is 0 Å². The van der Waals surface area contributed by atoms with Gasteiger partial charge in [-0.25, -0.2) is 28.2 Å². The Balaban J connectivity index is 0.794. The monoisotopic (exact) mass is 1330 g/mol. The number of pyridine rings is 2. The zero-order valence-corrected chi connectivity index (χ0v) is 56.4. The van der Waals surface area contributed by atoms with Crippen molar-refractivity contribution in [1.82, 2.24) is 65.6 Å². The van der Waals surface area contributed by atoms with Crippen molar-refractivity contribution in [2.24, 2.45) is 16.7 Å². The van der Waals surface area contributed by atoms with Crippen LogP contribution in [0, 0.1) is 16.7 Å².